The minimum atomic E-state index is 0.393. The monoisotopic (exact) mass is 308 g/mol. The molecule has 0 aliphatic carbocycles. The number of nitrogens with one attached hydrogen (secondary N) is 2. The van der Waals surface area contributed by atoms with Crippen LogP contribution >= 0.6 is 0 Å². The molecule has 0 aromatic heterocycles. The highest BCUT2D eigenvalue weighted by Crippen LogP contribution is 2.34. The molecule has 3 aliphatic heterocycles. The predicted octanol–water partition coefficient (Wildman–Crippen LogP) is 1.59. The zero-order chi connectivity index (χ0) is 15.5. The second-order valence-corrected chi connectivity index (χ2v) is 7.40. The van der Waals surface area contributed by atoms with Gasteiger partial charge in [0.2, 0.25) is 0 Å². The molecule has 5 atom stereocenters. The lowest BCUT2D eigenvalue weighted by atomic mass is 9.96. The van der Waals surface area contributed by atoms with E-state index in [1.54, 1.807) is 0 Å². The van der Waals surface area contributed by atoms with Crippen LogP contribution in [0, 0.1) is 5.92 Å². The van der Waals surface area contributed by atoms with E-state index >= 15 is 0 Å². The van der Waals surface area contributed by atoms with Crippen LogP contribution in [0.25, 0.3) is 0 Å². The van der Waals surface area contributed by atoms with Gasteiger partial charge in [0.05, 0.1) is 18.2 Å². The summed E-state index contributed by atoms with van der Waals surface area (Å²) in [7, 11) is 1.86. The maximum Gasteiger partial charge on any atom is 0.191 e. The van der Waals surface area contributed by atoms with Crippen molar-refractivity contribution in [3.05, 3.63) is 0 Å². The van der Waals surface area contributed by atoms with Gasteiger partial charge in [-0.1, -0.05) is 6.92 Å². The van der Waals surface area contributed by atoms with Gasteiger partial charge in [0, 0.05) is 26.2 Å². The second-order valence-electron chi connectivity index (χ2n) is 7.40. The van der Waals surface area contributed by atoms with Gasteiger partial charge in [0.25, 0.3) is 0 Å². The molecule has 3 aliphatic rings. The number of hydrogen-bond acceptors (Lipinski definition) is 3. The topological polar surface area (TPSA) is 48.9 Å². The molecule has 0 spiro atoms. The fourth-order valence-electron chi connectivity index (χ4n) is 4.16. The van der Waals surface area contributed by atoms with Gasteiger partial charge in [-0.2, -0.15) is 0 Å². The molecule has 0 aromatic rings. The first-order valence-corrected chi connectivity index (χ1v) is 9.02. The SMILES string of the molecule is CN=C(NCC(C)N1CCCC(C)C1)NC1CC2CCC1O2. The van der Waals surface area contributed by atoms with Crippen LogP contribution in [-0.2, 0) is 4.74 Å². The molecule has 2 N–H and O–H groups in total. The average molecular weight is 308 g/mol. The normalized spacial score (nSPS) is 37.3. The predicted molar refractivity (Wildman–Crippen MR) is 90.2 cm³/mol. The Bertz CT molecular complexity index is 400. The molecule has 5 heteroatoms. The minimum Gasteiger partial charge on any atom is -0.373 e. The van der Waals surface area contributed by atoms with Crippen molar-refractivity contribution in [2.24, 2.45) is 10.9 Å². The van der Waals surface area contributed by atoms with Crippen molar-refractivity contribution in [2.75, 3.05) is 26.7 Å². The van der Waals surface area contributed by atoms with Gasteiger partial charge < -0.3 is 15.4 Å². The van der Waals surface area contributed by atoms with E-state index in [9.17, 15) is 0 Å². The summed E-state index contributed by atoms with van der Waals surface area (Å²) in [6.45, 7) is 8.10. The number of guanidine groups is 1. The Hall–Kier alpha value is -0.810. The summed E-state index contributed by atoms with van der Waals surface area (Å²) in [5, 5.41) is 7.07. The van der Waals surface area contributed by atoms with Crippen LogP contribution < -0.4 is 10.6 Å². The molecule has 2 bridgehead atoms. The maximum absolute atomic E-state index is 5.91. The zero-order valence-electron chi connectivity index (χ0n) is 14.3. The van der Waals surface area contributed by atoms with Crippen molar-refractivity contribution in [1.29, 1.82) is 0 Å². The summed E-state index contributed by atoms with van der Waals surface area (Å²) < 4.78 is 5.91. The van der Waals surface area contributed by atoms with Crippen molar-refractivity contribution in [3.8, 4) is 0 Å². The van der Waals surface area contributed by atoms with Gasteiger partial charge in [0.1, 0.15) is 0 Å². The van der Waals surface area contributed by atoms with Crippen LogP contribution in [0.5, 0.6) is 0 Å². The molecule has 5 unspecified atom stereocenters. The standard InChI is InChI=1S/C17H32N4O/c1-12-5-4-8-21(11-12)13(2)10-19-17(18-3)20-15-9-14-6-7-16(15)22-14/h12-16H,4-11H2,1-3H3,(H2,18,19,20). The quantitative estimate of drug-likeness (QED) is 0.612. The summed E-state index contributed by atoms with van der Waals surface area (Å²) in [4.78, 5) is 6.99. The van der Waals surface area contributed by atoms with Crippen molar-refractivity contribution in [2.45, 2.75) is 70.2 Å². The third-order valence-corrected chi connectivity index (χ3v) is 5.53. The van der Waals surface area contributed by atoms with E-state index in [2.05, 4.69) is 34.4 Å². The number of hydrogen-bond donors (Lipinski definition) is 2. The molecule has 0 radical (unpaired) electrons. The minimum absolute atomic E-state index is 0.393. The van der Waals surface area contributed by atoms with Gasteiger partial charge in [0.15, 0.2) is 5.96 Å². The number of piperidine rings is 1. The molecule has 22 heavy (non-hydrogen) atoms. The summed E-state index contributed by atoms with van der Waals surface area (Å²) in [5.41, 5.74) is 0. The van der Waals surface area contributed by atoms with Gasteiger partial charge in [-0.05, 0) is 51.5 Å². The molecule has 3 rings (SSSR count). The average Bonchev–Trinajstić information content (AvgIpc) is 3.13. The highest BCUT2D eigenvalue weighted by molar-refractivity contribution is 5.80. The lowest BCUT2D eigenvalue weighted by Crippen LogP contribution is -2.51. The van der Waals surface area contributed by atoms with Crippen molar-refractivity contribution in [3.63, 3.8) is 0 Å². The van der Waals surface area contributed by atoms with E-state index in [0.717, 1.165) is 24.8 Å². The number of likely N-dealkylation sites (tertiary alicyclic amines) is 1. The lowest BCUT2D eigenvalue weighted by Gasteiger charge is -2.36. The molecule has 3 saturated heterocycles. The number of ether oxygens (including phenoxy) is 1. The fourth-order valence-corrected chi connectivity index (χ4v) is 4.16. The van der Waals surface area contributed by atoms with E-state index < -0.39 is 0 Å². The first kappa shape index (κ1) is 16.1. The van der Waals surface area contributed by atoms with E-state index in [1.165, 1.54) is 38.8 Å². The Morgan fingerprint density at radius 3 is 2.86 bits per heavy atom. The largest absolute Gasteiger partial charge is 0.373 e. The Labute approximate surface area is 134 Å². The molecular weight excluding hydrogens is 276 g/mol. The molecule has 126 valence electrons. The first-order valence-electron chi connectivity index (χ1n) is 9.02. The molecular formula is C17H32N4O. The van der Waals surface area contributed by atoms with Crippen LogP contribution in [-0.4, -0.2) is 61.8 Å². The summed E-state index contributed by atoms with van der Waals surface area (Å²) in [5.74, 6) is 1.76. The molecule has 5 nitrogen and oxygen atoms in total. The van der Waals surface area contributed by atoms with Gasteiger partial charge in [-0.15, -0.1) is 0 Å². The van der Waals surface area contributed by atoms with Crippen LogP contribution in [0.1, 0.15) is 46.0 Å². The number of fused-ring (bicyclic) bond motifs is 2. The summed E-state index contributed by atoms with van der Waals surface area (Å²) in [6.07, 6.45) is 7.15. The molecule has 0 aromatic carbocycles. The number of aliphatic imine (C=N–C) groups is 1. The zero-order valence-corrected chi connectivity index (χ0v) is 14.3. The van der Waals surface area contributed by atoms with E-state index in [-0.39, 0.29) is 0 Å². The maximum atomic E-state index is 5.91. The molecule has 0 saturated carbocycles. The Morgan fingerprint density at radius 2 is 2.23 bits per heavy atom. The van der Waals surface area contributed by atoms with Gasteiger partial charge >= 0.3 is 0 Å². The molecule has 3 fully saturated rings. The smallest absolute Gasteiger partial charge is 0.191 e. The van der Waals surface area contributed by atoms with E-state index in [4.69, 9.17) is 4.74 Å². The van der Waals surface area contributed by atoms with Gasteiger partial charge in [-0.25, -0.2) is 0 Å². The van der Waals surface area contributed by atoms with Crippen molar-refractivity contribution in [1.82, 2.24) is 15.5 Å². The first-order chi connectivity index (χ1) is 10.7. The number of rotatable bonds is 4. The van der Waals surface area contributed by atoms with Gasteiger partial charge in [-0.3, -0.25) is 9.89 Å². The van der Waals surface area contributed by atoms with Crippen LogP contribution in [0.15, 0.2) is 4.99 Å². The third kappa shape index (κ3) is 3.74. The summed E-state index contributed by atoms with van der Waals surface area (Å²) in [6, 6.07) is 0.993. The van der Waals surface area contributed by atoms with Crippen LogP contribution in [0.2, 0.25) is 0 Å². The fraction of sp³-hybridized carbons (Fsp3) is 0.941. The highest BCUT2D eigenvalue weighted by Gasteiger charge is 2.41. The molecule has 3 heterocycles. The van der Waals surface area contributed by atoms with E-state index in [1.807, 2.05) is 7.05 Å². The Kier molecular flexibility index (Phi) is 5.24. The molecule has 0 amide bonds. The van der Waals surface area contributed by atoms with Crippen LogP contribution in [0.4, 0.5) is 0 Å². The lowest BCUT2D eigenvalue weighted by molar-refractivity contribution is 0.0991. The Balaban J connectivity index is 1.43. The van der Waals surface area contributed by atoms with Crippen molar-refractivity contribution >= 4 is 5.96 Å². The third-order valence-electron chi connectivity index (χ3n) is 5.53. The van der Waals surface area contributed by atoms with Crippen LogP contribution in [0.3, 0.4) is 0 Å². The van der Waals surface area contributed by atoms with Crippen molar-refractivity contribution < 1.29 is 4.74 Å². The van der Waals surface area contributed by atoms with E-state index in [0.29, 0.717) is 24.3 Å². The second kappa shape index (κ2) is 7.18. The number of nitrogens with zero attached hydrogens (tertiary/aromatic N) is 2. The highest BCUT2D eigenvalue weighted by atomic mass is 16.5. The summed E-state index contributed by atoms with van der Waals surface area (Å²) >= 11 is 0. The Morgan fingerprint density at radius 1 is 1.36 bits per heavy atom.